The second-order valence-electron chi connectivity index (χ2n) is 6.07. The Labute approximate surface area is 179 Å². The molecule has 2 heterocycles. The Bertz CT molecular complexity index is 1040. The van der Waals surface area contributed by atoms with Crippen molar-refractivity contribution in [2.45, 2.75) is 6.42 Å². The number of nitrogens with zero attached hydrogens (tertiary/aromatic N) is 1. The molecule has 0 aromatic heterocycles. The summed E-state index contributed by atoms with van der Waals surface area (Å²) in [4.78, 5) is 25.7. The monoisotopic (exact) mass is 499 g/mol. The van der Waals surface area contributed by atoms with E-state index in [0.29, 0.717) is 6.54 Å². The number of amides is 2. The first-order valence-corrected chi connectivity index (χ1v) is 12.2. The zero-order chi connectivity index (χ0) is 21.0. The molecule has 2 aliphatic heterocycles. The van der Waals surface area contributed by atoms with E-state index in [1.807, 2.05) is 35.2 Å². The molecule has 0 saturated carbocycles. The number of fused-ring (bicyclic) bond motifs is 1. The van der Waals surface area contributed by atoms with Crippen molar-refractivity contribution in [2.75, 3.05) is 17.2 Å². The Balaban J connectivity index is 1.75. The van der Waals surface area contributed by atoms with Crippen molar-refractivity contribution in [3.05, 3.63) is 58.7 Å². The predicted octanol–water partition coefficient (Wildman–Crippen LogP) is -0.0311. The van der Waals surface area contributed by atoms with Crippen LogP contribution in [0.3, 0.4) is 0 Å². The van der Waals surface area contributed by atoms with Crippen LogP contribution in [0.4, 0.5) is 5.69 Å². The molecular weight excluding hydrogens is 481 g/mol. The third kappa shape index (κ3) is 5.62. The summed E-state index contributed by atoms with van der Waals surface area (Å²) < 4.78 is 33.1. The van der Waals surface area contributed by atoms with Gasteiger partial charge < -0.3 is 0 Å². The number of thiocarbonyl (C=S) groups is 1. The topological polar surface area (TPSA) is 116 Å². The molecule has 0 spiro atoms. The van der Waals surface area contributed by atoms with Crippen LogP contribution in [-0.4, -0.2) is 57.2 Å². The van der Waals surface area contributed by atoms with Crippen LogP contribution >= 0.6 is 12.2 Å². The molecule has 152 valence electrons. The molecule has 1 fully saturated rings. The average molecular weight is 498 g/mol. The maximum atomic E-state index is 11.8. The number of allylic oxidation sites excluding steroid dienone is 4. The third-order valence-corrected chi connectivity index (χ3v) is 7.36. The van der Waals surface area contributed by atoms with E-state index in [1.54, 1.807) is 12.2 Å². The maximum absolute atomic E-state index is 11.8. The second kappa shape index (κ2) is 9.02. The molecule has 1 aromatic rings. The van der Waals surface area contributed by atoms with Crippen molar-refractivity contribution >= 4 is 64.4 Å². The average Bonchev–Trinajstić information content (AvgIpc) is 2.97. The van der Waals surface area contributed by atoms with Gasteiger partial charge in [0.2, 0.25) is 0 Å². The van der Waals surface area contributed by atoms with E-state index in [-0.39, 0.29) is 37.8 Å². The molecule has 29 heavy (non-hydrogen) atoms. The summed E-state index contributed by atoms with van der Waals surface area (Å²) >= 11 is 4.78. The number of nitrogens with one attached hydrogen (secondary N) is 2. The molecular formula is C18H17N3O5S2Se. The number of anilines is 1. The van der Waals surface area contributed by atoms with Gasteiger partial charge in [0.05, 0.1) is 0 Å². The molecule has 11 heteroatoms. The van der Waals surface area contributed by atoms with Crippen LogP contribution in [0.2, 0.25) is 0 Å². The van der Waals surface area contributed by atoms with Crippen LogP contribution in [0.1, 0.15) is 6.42 Å². The van der Waals surface area contributed by atoms with E-state index >= 15 is 0 Å². The first-order chi connectivity index (χ1) is 13.7. The molecule has 8 nitrogen and oxygen atoms in total. The predicted molar refractivity (Wildman–Crippen MR) is 114 cm³/mol. The summed E-state index contributed by atoms with van der Waals surface area (Å²) in [5, 5.41) is 4.71. The van der Waals surface area contributed by atoms with Gasteiger partial charge in [-0.2, -0.15) is 0 Å². The van der Waals surface area contributed by atoms with Crippen LogP contribution < -0.4 is 20.0 Å². The minimum atomic E-state index is -4.01. The van der Waals surface area contributed by atoms with Crippen molar-refractivity contribution < 1.29 is 22.6 Å². The summed E-state index contributed by atoms with van der Waals surface area (Å²) in [6.45, 7) is 0.446. The SMILES string of the molecule is O=C1NC(=S)NC(=O)C1=C/C=C/C=C1/[Se]c2ccccc2N1CCCS(=O)(=O)O. The summed E-state index contributed by atoms with van der Waals surface area (Å²) in [7, 11) is -4.01. The fraction of sp³-hybridized carbons (Fsp3) is 0.167. The van der Waals surface area contributed by atoms with Gasteiger partial charge >= 0.3 is 180 Å². The molecule has 1 aromatic carbocycles. The van der Waals surface area contributed by atoms with Crippen LogP contribution in [0.25, 0.3) is 0 Å². The van der Waals surface area contributed by atoms with Crippen molar-refractivity contribution in [3.63, 3.8) is 0 Å². The van der Waals surface area contributed by atoms with E-state index in [2.05, 4.69) is 10.6 Å². The molecule has 0 unspecified atom stereocenters. The number of carbonyl (C=O) groups is 2. The Morgan fingerprint density at radius 3 is 2.45 bits per heavy atom. The zero-order valence-corrected chi connectivity index (χ0v) is 18.3. The number of rotatable bonds is 6. The minimum absolute atomic E-state index is 0.0183. The zero-order valence-electron chi connectivity index (χ0n) is 15.0. The molecule has 0 atom stereocenters. The number of benzene rings is 1. The molecule has 2 amide bonds. The van der Waals surface area contributed by atoms with Crippen molar-refractivity contribution in [1.29, 1.82) is 0 Å². The van der Waals surface area contributed by atoms with Gasteiger partial charge in [0, 0.05) is 0 Å². The fourth-order valence-electron chi connectivity index (χ4n) is 2.73. The van der Waals surface area contributed by atoms with Crippen LogP contribution in [0.5, 0.6) is 0 Å². The second-order valence-corrected chi connectivity index (χ2v) is 10.3. The van der Waals surface area contributed by atoms with Gasteiger partial charge in [0.25, 0.3) is 0 Å². The molecule has 3 N–H and O–H groups in total. The summed E-state index contributed by atoms with van der Waals surface area (Å²) in [5.41, 5.74) is 0.971. The molecule has 0 bridgehead atoms. The van der Waals surface area contributed by atoms with Gasteiger partial charge in [-0.1, -0.05) is 0 Å². The number of hydrogen-bond donors (Lipinski definition) is 3. The molecule has 0 aliphatic carbocycles. The summed E-state index contributed by atoms with van der Waals surface area (Å²) in [6.07, 6.45) is 6.87. The summed E-state index contributed by atoms with van der Waals surface area (Å²) in [6, 6.07) is 7.86. The van der Waals surface area contributed by atoms with E-state index in [4.69, 9.17) is 16.8 Å². The number of para-hydroxylation sites is 1. The Morgan fingerprint density at radius 1 is 1.10 bits per heavy atom. The van der Waals surface area contributed by atoms with Crippen molar-refractivity contribution in [1.82, 2.24) is 10.6 Å². The van der Waals surface area contributed by atoms with Crippen LogP contribution in [0, 0.1) is 0 Å². The van der Waals surface area contributed by atoms with E-state index in [0.717, 1.165) is 10.3 Å². The van der Waals surface area contributed by atoms with Gasteiger partial charge in [-0.25, -0.2) is 0 Å². The van der Waals surface area contributed by atoms with E-state index < -0.39 is 21.9 Å². The molecule has 3 rings (SSSR count). The molecule has 2 aliphatic rings. The normalized spacial score (nSPS) is 18.2. The third-order valence-electron chi connectivity index (χ3n) is 3.98. The number of carbonyl (C=O) groups excluding carboxylic acids is 2. The first kappa shape index (κ1) is 21.4. The van der Waals surface area contributed by atoms with Crippen LogP contribution in [0.15, 0.2) is 58.7 Å². The van der Waals surface area contributed by atoms with Crippen molar-refractivity contribution in [2.24, 2.45) is 0 Å². The Morgan fingerprint density at radius 2 is 1.76 bits per heavy atom. The summed E-state index contributed by atoms with van der Waals surface area (Å²) in [5.74, 6) is -1.42. The quantitative estimate of drug-likeness (QED) is 0.166. The molecule has 0 radical (unpaired) electrons. The first-order valence-electron chi connectivity index (χ1n) is 8.49. The van der Waals surface area contributed by atoms with Crippen LogP contribution in [-0.2, 0) is 19.7 Å². The van der Waals surface area contributed by atoms with Crippen molar-refractivity contribution in [3.8, 4) is 0 Å². The standard InChI is InChI=1S/C18H17N3O5S2Se/c22-16-12(17(23)20-18(27)19-16)6-1-4-9-15-21(10-5-11-28(24,25)26)13-7-2-3-8-14(13)29-15/h1-4,6-9H,5,10-11H2,(H,24,25,26)(H2,19,20,22,23,27)/b4-1+,15-9+. The van der Waals surface area contributed by atoms with Gasteiger partial charge in [0.1, 0.15) is 0 Å². The fourth-order valence-corrected chi connectivity index (χ4v) is 5.72. The molecule has 1 saturated heterocycles. The van der Waals surface area contributed by atoms with Gasteiger partial charge in [-0.15, -0.1) is 0 Å². The van der Waals surface area contributed by atoms with E-state index in [1.165, 1.54) is 10.5 Å². The number of hydrogen-bond acceptors (Lipinski definition) is 6. The van der Waals surface area contributed by atoms with Gasteiger partial charge in [0.15, 0.2) is 0 Å². The van der Waals surface area contributed by atoms with Gasteiger partial charge in [-0.05, 0) is 0 Å². The van der Waals surface area contributed by atoms with Gasteiger partial charge in [-0.3, -0.25) is 0 Å². The Kier molecular flexibility index (Phi) is 6.66. The van der Waals surface area contributed by atoms with E-state index in [9.17, 15) is 18.0 Å². The Hall–Kier alpha value is -2.30.